The first-order valence-corrected chi connectivity index (χ1v) is 5.52. The molecule has 3 nitrogen and oxygen atoms in total. The maximum absolute atomic E-state index is 5.30. The molecular formula is C11H19NO2. The third-order valence-electron chi connectivity index (χ3n) is 2.87. The lowest BCUT2D eigenvalue weighted by molar-refractivity contribution is 0.153. The maximum Gasteiger partial charge on any atom is 0.0650 e. The van der Waals surface area contributed by atoms with Gasteiger partial charge < -0.3 is 14.8 Å². The third kappa shape index (κ3) is 3.08. The third-order valence-corrected chi connectivity index (χ3v) is 2.87. The van der Waals surface area contributed by atoms with Crippen LogP contribution in [0, 0.1) is 0 Å². The summed E-state index contributed by atoms with van der Waals surface area (Å²) in [5.74, 6) is 0. The molecule has 0 radical (unpaired) electrons. The summed E-state index contributed by atoms with van der Waals surface area (Å²) < 4.78 is 10.6. The summed E-state index contributed by atoms with van der Waals surface area (Å²) >= 11 is 0. The van der Waals surface area contributed by atoms with E-state index in [1.54, 1.807) is 5.57 Å². The number of hydrogen-bond donors (Lipinski definition) is 1. The molecular weight excluding hydrogens is 178 g/mol. The van der Waals surface area contributed by atoms with Crippen molar-refractivity contribution in [3.05, 3.63) is 11.6 Å². The second-order valence-electron chi connectivity index (χ2n) is 3.95. The lowest BCUT2D eigenvalue weighted by atomic mass is 10.1. The monoisotopic (exact) mass is 197 g/mol. The number of hydrogen-bond acceptors (Lipinski definition) is 3. The van der Waals surface area contributed by atoms with Crippen molar-refractivity contribution >= 4 is 0 Å². The van der Waals surface area contributed by atoms with Gasteiger partial charge in [0.15, 0.2) is 0 Å². The van der Waals surface area contributed by atoms with Crippen LogP contribution < -0.4 is 5.32 Å². The van der Waals surface area contributed by atoms with Crippen molar-refractivity contribution in [2.75, 3.05) is 33.0 Å². The number of rotatable bonds is 4. The summed E-state index contributed by atoms with van der Waals surface area (Å²) in [6.45, 7) is 4.61. The zero-order chi connectivity index (χ0) is 9.64. The van der Waals surface area contributed by atoms with Gasteiger partial charge in [0.1, 0.15) is 0 Å². The largest absolute Gasteiger partial charge is 0.380 e. The molecule has 1 saturated heterocycles. The Morgan fingerprint density at radius 3 is 3.07 bits per heavy atom. The molecule has 0 aromatic rings. The van der Waals surface area contributed by atoms with E-state index in [0.29, 0.717) is 6.04 Å². The molecule has 2 aliphatic heterocycles. The van der Waals surface area contributed by atoms with E-state index >= 15 is 0 Å². The van der Waals surface area contributed by atoms with E-state index in [1.807, 2.05) is 0 Å². The predicted octanol–water partition coefficient (Wildman–Crippen LogP) is 1.10. The Kier molecular flexibility index (Phi) is 3.98. The Labute approximate surface area is 85.5 Å². The molecule has 2 rings (SSSR count). The highest BCUT2D eigenvalue weighted by atomic mass is 16.5. The summed E-state index contributed by atoms with van der Waals surface area (Å²) in [7, 11) is 0. The van der Waals surface area contributed by atoms with Crippen molar-refractivity contribution in [1.29, 1.82) is 0 Å². The summed E-state index contributed by atoms with van der Waals surface area (Å²) in [5, 5.41) is 3.52. The minimum atomic E-state index is 0.593. The van der Waals surface area contributed by atoms with E-state index in [-0.39, 0.29) is 0 Å². The molecule has 0 aromatic carbocycles. The van der Waals surface area contributed by atoms with E-state index in [9.17, 15) is 0 Å². The summed E-state index contributed by atoms with van der Waals surface area (Å²) in [4.78, 5) is 0. The standard InChI is InChI=1S/C11H19NO2/c1(10-2-6-13-7-3-10)5-12-11-4-8-14-9-11/h2,11-12H,1,3-9H2. The van der Waals surface area contributed by atoms with Crippen LogP contribution in [0.1, 0.15) is 19.3 Å². The Morgan fingerprint density at radius 1 is 1.36 bits per heavy atom. The van der Waals surface area contributed by atoms with E-state index < -0.39 is 0 Å². The molecule has 0 amide bonds. The van der Waals surface area contributed by atoms with E-state index in [2.05, 4.69) is 11.4 Å². The topological polar surface area (TPSA) is 30.5 Å². The molecule has 14 heavy (non-hydrogen) atoms. The summed E-state index contributed by atoms with van der Waals surface area (Å²) in [6, 6.07) is 0.593. The maximum atomic E-state index is 5.30. The summed E-state index contributed by atoms with van der Waals surface area (Å²) in [5.41, 5.74) is 1.54. The molecule has 0 spiro atoms. The molecule has 0 aromatic heterocycles. The van der Waals surface area contributed by atoms with Crippen LogP contribution >= 0.6 is 0 Å². The van der Waals surface area contributed by atoms with Crippen LogP contribution in [0.25, 0.3) is 0 Å². The second-order valence-corrected chi connectivity index (χ2v) is 3.95. The van der Waals surface area contributed by atoms with Crippen LogP contribution in [0.4, 0.5) is 0 Å². The number of nitrogens with one attached hydrogen (secondary N) is 1. The van der Waals surface area contributed by atoms with Gasteiger partial charge in [0.25, 0.3) is 0 Å². The van der Waals surface area contributed by atoms with Gasteiger partial charge in [-0.1, -0.05) is 11.6 Å². The molecule has 80 valence electrons. The van der Waals surface area contributed by atoms with Crippen molar-refractivity contribution in [2.45, 2.75) is 25.3 Å². The molecule has 1 N–H and O–H groups in total. The predicted molar refractivity (Wildman–Crippen MR) is 55.4 cm³/mol. The Balaban J connectivity index is 1.59. The molecule has 3 heteroatoms. The highest BCUT2D eigenvalue weighted by Crippen LogP contribution is 2.11. The highest BCUT2D eigenvalue weighted by molar-refractivity contribution is 5.04. The van der Waals surface area contributed by atoms with E-state index in [1.165, 1.54) is 12.8 Å². The fraction of sp³-hybridized carbons (Fsp3) is 0.818. The van der Waals surface area contributed by atoms with Gasteiger partial charge in [0.2, 0.25) is 0 Å². The molecule has 2 heterocycles. The molecule has 0 aliphatic carbocycles. The molecule has 2 aliphatic rings. The Hall–Kier alpha value is -0.380. The molecule has 1 atom stereocenters. The summed E-state index contributed by atoms with van der Waals surface area (Å²) in [6.07, 6.45) is 5.67. The smallest absolute Gasteiger partial charge is 0.0650 e. The van der Waals surface area contributed by atoms with Gasteiger partial charge in [-0.2, -0.15) is 0 Å². The first kappa shape index (κ1) is 10.1. The second kappa shape index (κ2) is 5.49. The van der Waals surface area contributed by atoms with Gasteiger partial charge in [-0.3, -0.25) is 0 Å². The fourth-order valence-electron chi connectivity index (χ4n) is 1.92. The zero-order valence-electron chi connectivity index (χ0n) is 8.63. The molecule has 1 fully saturated rings. The Morgan fingerprint density at radius 2 is 2.36 bits per heavy atom. The van der Waals surface area contributed by atoms with Crippen molar-refractivity contribution < 1.29 is 9.47 Å². The molecule has 0 saturated carbocycles. The van der Waals surface area contributed by atoms with Gasteiger partial charge in [0, 0.05) is 12.6 Å². The molecule has 1 unspecified atom stereocenters. The van der Waals surface area contributed by atoms with Gasteiger partial charge in [0.05, 0.1) is 19.8 Å². The molecule has 0 bridgehead atoms. The van der Waals surface area contributed by atoms with Gasteiger partial charge in [-0.05, 0) is 25.8 Å². The van der Waals surface area contributed by atoms with Crippen molar-refractivity contribution in [2.24, 2.45) is 0 Å². The van der Waals surface area contributed by atoms with Crippen LogP contribution in [-0.4, -0.2) is 39.0 Å². The first-order valence-electron chi connectivity index (χ1n) is 5.52. The number of ether oxygens (including phenoxy) is 2. The minimum Gasteiger partial charge on any atom is -0.380 e. The van der Waals surface area contributed by atoms with Crippen LogP contribution in [0.5, 0.6) is 0 Å². The first-order chi connectivity index (χ1) is 6.95. The van der Waals surface area contributed by atoms with Crippen molar-refractivity contribution in [1.82, 2.24) is 5.32 Å². The van der Waals surface area contributed by atoms with Crippen LogP contribution in [0.2, 0.25) is 0 Å². The minimum absolute atomic E-state index is 0.593. The lowest BCUT2D eigenvalue weighted by Gasteiger charge is -2.15. The fourth-order valence-corrected chi connectivity index (χ4v) is 1.92. The van der Waals surface area contributed by atoms with Crippen molar-refractivity contribution in [3.63, 3.8) is 0 Å². The average molecular weight is 197 g/mol. The van der Waals surface area contributed by atoms with Gasteiger partial charge >= 0.3 is 0 Å². The van der Waals surface area contributed by atoms with Gasteiger partial charge in [-0.25, -0.2) is 0 Å². The van der Waals surface area contributed by atoms with E-state index in [0.717, 1.165) is 39.4 Å². The highest BCUT2D eigenvalue weighted by Gasteiger charge is 2.14. The van der Waals surface area contributed by atoms with E-state index in [4.69, 9.17) is 9.47 Å². The van der Waals surface area contributed by atoms with Crippen LogP contribution in [0.3, 0.4) is 0 Å². The van der Waals surface area contributed by atoms with Crippen LogP contribution in [0.15, 0.2) is 11.6 Å². The van der Waals surface area contributed by atoms with Crippen molar-refractivity contribution in [3.8, 4) is 0 Å². The lowest BCUT2D eigenvalue weighted by Crippen LogP contribution is -2.30. The average Bonchev–Trinajstić information content (AvgIpc) is 2.72. The zero-order valence-corrected chi connectivity index (χ0v) is 8.63. The quantitative estimate of drug-likeness (QED) is 0.685. The normalized spacial score (nSPS) is 27.7. The SMILES string of the molecule is C1=C(CCNC2CCOC2)CCOC1. The Bertz CT molecular complexity index is 197. The van der Waals surface area contributed by atoms with Gasteiger partial charge in [-0.15, -0.1) is 0 Å². The van der Waals surface area contributed by atoms with Crippen LogP contribution in [-0.2, 0) is 9.47 Å².